The Kier molecular flexibility index (Phi) is 5.03. The SMILES string of the molecule is COC(=O)Cc1cc(C(F)F)nc(I)c1Br. The van der Waals surface area contributed by atoms with Crippen molar-refractivity contribution >= 4 is 44.5 Å². The average Bonchev–Trinajstić information content (AvgIpc) is 2.23. The summed E-state index contributed by atoms with van der Waals surface area (Å²) < 4.78 is 30.4. The fraction of sp³-hybridized carbons (Fsp3) is 0.333. The van der Waals surface area contributed by atoms with Gasteiger partial charge in [0.05, 0.1) is 18.0 Å². The Morgan fingerprint density at radius 3 is 2.81 bits per heavy atom. The first kappa shape index (κ1) is 13.8. The molecule has 0 aliphatic carbocycles. The fourth-order valence-corrected chi connectivity index (χ4v) is 2.01. The molecular weight excluding hydrogens is 399 g/mol. The van der Waals surface area contributed by atoms with Crippen molar-refractivity contribution in [3.05, 3.63) is 25.5 Å². The minimum atomic E-state index is -2.65. The summed E-state index contributed by atoms with van der Waals surface area (Å²) in [6.45, 7) is 0. The Balaban J connectivity index is 3.11. The van der Waals surface area contributed by atoms with E-state index >= 15 is 0 Å². The van der Waals surface area contributed by atoms with Crippen LogP contribution in [0.15, 0.2) is 10.5 Å². The second-order valence-electron chi connectivity index (χ2n) is 2.86. The molecule has 0 bridgehead atoms. The molecule has 0 aromatic carbocycles. The van der Waals surface area contributed by atoms with Crippen LogP contribution in [-0.4, -0.2) is 18.1 Å². The minimum Gasteiger partial charge on any atom is -0.469 e. The zero-order valence-corrected chi connectivity index (χ0v) is 11.9. The van der Waals surface area contributed by atoms with Crippen LogP contribution in [0.1, 0.15) is 17.7 Å². The number of pyridine rings is 1. The van der Waals surface area contributed by atoms with Crippen molar-refractivity contribution in [2.24, 2.45) is 0 Å². The van der Waals surface area contributed by atoms with Gasteiger partial charge in [-0.05, 0) is 50.2 Å². The second-order valence-corrected chi connectivity index (χ2v) is 4.68. The normalized spacial score (nSPS) is 10.6. The van der Waals surface area contributed by atoms with E-state index in [0.29, 0.717) is 13.7 Å². The summed E-state index contributed by atoms with van der Waals surface area (Å²) in [5.74, 6) is -0.483. The molecule has 0 fully saturated rings. The Morgan fingerprint density at radius 2 is 2.31 bits per heavy atom. The zero-order chi connectivity index (χ0) is 12.3. The van der Waals surface area contributed by atoms with E-state index in [1.54, 1.807) is 0 Å². The van der Waals surface area contributed by atoms with Crippen molar-refractivity contribution in [3.8, 4) is 0 Å². The number of rotatable bonds is 3. The summed E-state index contributed by atoms with van der Waals surface area (Å²) in [5.41, 5.74) is 0.105. The molecule has 0 atom stereocenters. The maximum atomic E-state index is 12.5. The molecule has 7 heteroatoms. The molecule has 3 nitrogen and oxygen atoms in total. The minimum absolute atomic E-state index is 0.0602. The summed E-state index contributed by atoms with van der Waals surface area (Å²) in [6, 6.07) is 1.20. The maximum Gasteiger partial charge on any atom is 0.310 e. The fourth-order valence-electron chi connectivity index (χ4n) is 1.04. The quantitative estimate of drug-likeness (QED) is 0.440. The van der Waals surface area contributed by atoms with Gasteiger partial charge in [0.2, 0.25) is 0 Å². The van der Waals surface area contributed by atoms with Gasteiger partial charge in [-0.25, -0.2) is 13.8 Å². The molecule has 0 saturated carbocycles. The van der Waals surface area contributed by atoms with E-state index in [2.05, 4.69) is 25.7 Å². The molecule has 0 unspecified atom stereocenters. The van der Waals surface area contributed by atoms with Crippen molar-refractivity contribution in [2.75, 3.05) is 7.11 Å². The summed E-state index contributed by atoms with van der Waals surface area (Å²) in [5, 5.41) is 0. The van der Waals surface area contributed by atoms with Gasteiger partial charge < -0.3 is 4.74 Å². The van der Waals surface area contributed by atoms with Crippen LogP contribution in [0.25, 0.3) is 0 Å². The predicted octanol–water partition coefficient (Wildman–Crippen LogP) is 3.10. The van der Waals surface area contributed by atoms with Gasteiger partial charge in [-0.15, -0.1) is 0 Å². The first-order valence-corrected chi connectivity index (χ1v) is 6.02. The average molecular weight is 406 g/mol. The van der Waals surface area contributed by atoms with Gasteiger partial charge in [0.1, 0.15) is 9.39 Å². The third-order valence-corrected chi connectivity index (χ3v) is 4.21. The van der Waals surface area contributed by atoms with E-state index in [0.717, 1.165) is 0 Å². The highest BCUT2D eigenvalue weighted by atomic mass is 127. The van der Waals surface area contributed by atoms with Gasteiger partial charge in [0.15, 0.2) is 0 Å². The Labute approximate surface area is 113 Å². The summed E-state index contributed by atoms with van der Waals surface area (Å²) in [4.78, 5) is 14.8. The predicted molar refractivity (Wildman–Crippen MR) is 65.3 cm³/mol. The standard InChI is InChI=1S/C9H7BrF2INO2/c1-16-6(15)3-4-2-5(8(11)12)14-9(13)7(4)10/h2,8H,3H2,1H3. The van der Waals surface area contributed by atoms with E-state index in [9.17, 15) is 13.6 Å². The molecular formula is C9H7BrF2INO2. The highest BCUT2D eigenvalue weighted by Gasteiger charge is 2.16. The number of halogens is 4. The van der Waals surface area contributed by atoms with E-state index in [4.69, 9.17) is 0 Å². The summed E-state index contributed by atoms with van der Waals surface area (Å²) in [7, 11) is 1.25. The largest absolute Gasteiger partial charge is 0.469 e. The molecule has 1 aromatic heterocycles. The van der Waals surface area contributed by atoms with Crippen LogP contribution in [0.4, 0.5) is 8.78 Å². The lowest BCUT2D eigenvalue weighted by Gasteiger charge is -2.08. The third-order valence-electron chi connectivity index (χ3n) is 1.80. The topological polar surface area (TPSA) is 39.2 Å². The molecule has 0 saturated heterocycles. The van der Waals surface area contributed by atoms with Crippen LogP contribution in [-0.2, 0) is 16.0 Å². The molecule has 88 valence electrons. The molecule has 1 heterocycles. The second kappa shape index (κ2) is 5.85. The molecule has 1 rings (SSSR count). The van der Waals surface area contributed by atoms with Crippen LogP contribution in [0, 0.1) is 3.70 Å². The van der Waals surface area contributed by atoms with Crippen LogP contribution < -0.4 is 0 Å². The van der Waals surface area contributed by atoms with Gasteiger partial charge in [-0.3, -0.25) is 4.79 Å². The van der Waals surface area contributed by atoms with Crippen molar-refractivity contribution in [1.82, 2.24) is 4.98 Å². The lowest BCUT2D eigenvalue weighted by Crippen LogP contribution is -2.07. The van der Waals surface area contributed by atoms with Crippen molar-refractivity contribution < 1.29 is 18.3 Å². The number of carbonyl (C=O) groups excluding carboxylic acids is 1. The van der Waals surface area contributed by atoms with E-state index < -0.39 is 12.4 Å². The first-order chi connectivity index (χ1) is 7.45. The summed E-state index contributed by atoms with van der Waals surface area (Å²) in [6.07, 6.45) is -2.71. The molecule has 0 spiro atoms. The molecule has 0 amide bonds. The van der Waals surface area contributed by atoms with E-state index in [1.165, 1.54) is 13.2 Å². The number of nitrogens with zero attached hydrogens (tertiary/aromatic N) is 1. The number of aromatic nitrogens is 1. The maximum absolute atomic E-state index is 12.5. The Hall–Kier alpha value is -0.310. The smallest absolute Gasteiger partial charge is 0.310 e. The number of hydrogen-bond donors (Lipinski definition) is 0. The highest BCUT2D eigenvalue weighted by Crippen LogP contribution is 2.27. The number of alkyl halides is 2. The molecule has 0 aliphatic rings. The Morgan fingerprint density at radius 1 is 1.69 bits per heavy atom. The molecule has 16 heavy (non-hydrogen) atoms. The van der Waals surface area contributed by atoms with E-state index in [1.807, 2.05) is 22.6 Å². The highest BCUT2D eigenvalue weighted by molar-refractivity contribution is 14.1. The van der Waals surface area contributed by atoms with Gasteiger partial charge in [-0.1, -0.05) is 0 Å². The van der Waals surface area contributed by atoms with Gasteiger partial charge in [0, 0.05) is 0 Å². The summed E-state index contributed by atoms with van der Waals surface area (Å²) >= 11 is 5.02. The molecule has 0 radical (unpaired) electrons. The van der Waals surface area contributed by atoms with Crippen LogP contribution in [0.2, 0.25) is 0 Å². The number of methoxy groups -OCH3 is 1. The first-order valence-electron chi connectivity index (χ1n) is 4.15. The Bertz CT molecular complexity index is 415. The number of ether oxygens (including phenoxy) is 1. The van der Waals surface area contributed by atoms with Crippen LogP contribution in [0.5, 0.6) is 0 Å². The van der Waals surface area contributed by atoms with Gasteiger partial charge in [0.25, 0.3) is 6.43 Å². The molecule has 0 N–H and O–H groups in total. The van der Waals surface area contributed by atoms with E-state index in [-0.39, 0.29) is 12.1 Å². The zero-order valence-electron chi connectivity index (χ0n) is 8.14. The molecule has 1 aromatic rings. The third kappa shape index (κ3) is 3.34. The van der Waals surface area contributed by atoms with Gasteiger partial charge >= 0.3 is 5.97 Å². The monoisotopic (exact) mass is 405 g/mol. The van der Waals surface area contributed by atoms with Crippen molar-refractivity contribution in [1.29, 1.82) is 0 Å². The number of carbonyl (C=O) groups is 1. The molecule has 0 aliphatic heterocycles. The lowest BCUT2D eigenvalue weighted by atomic mass is 10.1. The van der Waals surface area contributed by atoms with Crippen LogP contribution in [0.3, 0.4) is 0 Å². The van der Waals surface area contributed by atoms with Gasteiger partial charge in [-0.2, -0.15) is 0 Å². The van der Waals surface area contributed by atoms with Crippen LogP contribution >= 0.6 is 38.5 Å². The van der Waals surface area contributed by atoms with Crippen molar-refractivity contribution in [2.45, 2.75) is 12.8 Å². The number of esters is 1. The number of hydrogen-bond acceptors (Lipinski definition) is 3. The lowest BCUT2D eigenvalue weighted by molar-refractivity contribution is -0.139. The van der Waals surface area contributed by atoms with Crippen molar-refractivity contribution in [3.63, 3.8) is 0 Å².